The van der Waals surface area contributed by atoms with Crippen LogP contribution >= 0.6 is 0 Å². The molecule has 0 aromatic heterocycles. The standard InChI is InChI=1S/6C5H10O2.Mo/c6*1-2-3-4-5(6)7;/h6*2-4H2,1H3,(H,6,7);/p-6. The first-order valence-corrected chi connectivity index (χ1v) is 14.8. The Morgan fingerprint density at radius 2 is 0.395 bits per heavy atom. The Morgan fingerprint density at radius 1 is 0.302 bits per heavy atom. The summed E-state index contributed by atoms with van der Waals surface area (Å²) in [6, 6.07) is 0. The summed E-state index contributed by atoms with van der Waals surface area (Å²) in [5.41, 5.74) is 0. The SMILES string of the molecule is CCCCC(=O)[O-].CCCCC(=O)[O-].CCCCC(=O)[O-].CCCCC(=O)[O-].CCCCC(=O)[O-].CCCCC(=O)[O-].[Mo]. The Balaban J connectivity index is -0.0000000720. The van der Waals surface area contributed by atoms with Crippen molar-refractivity contribution in [3.63, 3.8) is 0 Å². The van der Waals surface area contributed by atoms with Crippen molar-refractivity contribution < 1.29 is 80.5 Å². The van der Waals surface area contributed by atoms with E-state index < -0.39 is 35.8 Å². The largest absolute Gasteiger partial charge is 0.550 e. The van der Waals surface area contributed by atoms with E-state index >= 15 is 0 Å². The van der Waals surface area contributed by atoms with E-state index in [-0.39, 0.29) is 59.6 Å². The number of carbonyl (C=O) groups is 6. The Bertz CT molecular complexity index is 501. The average Bonchev–Trinajstić information content (AvgIpc) is 2.91. The molecule has 0 rings (SSSR count). The Morgan fingerprint density at radius 3 is 0.419 bits per heavy atom. The molecule has 0 aliphatic carbocycles. The minimum Gasteiger partial charge on any atom is -0.550 e. The van der Waals surface area contributed by atoms with Crippen LogP contribution in [0.15, 0.2) is 0 Å². The molecule has 0 aromatic rings. The minimum absolute atomic E-state index is 0. The Kier molecular flexibility index (Phi) is 68.3. The van der Waals surface area contributed by atoms with E-state index in [0.717, 1.165) is 77.0 Å². The Labute approximate surface area is 272 Å². The third-order valence-corrected chi connectivity index (χ3v) is 4.41. The monoisotopic (exact) mass is 704 g/mol. The summed E-state index contributed by atoms with van der Waals surface area (Å²) in [6.07, 6.45) is 11.2. The number of hydrogen-bond donors (Lipinski definition) is 0. The second-order valence-electron chi connectivity index (χ2n) is 8.85. The zero-order valence-corrected chi connectivity index (χ0v) is 29.0. The molecule has 0 amide bonds. The normalized spacial score (nSPS) is 8.51. The van der Waals surface area contributed by atoms with Crippen molar-refractivity contribution in [3.05, 3.63) is 0 Å². The summed E-state index contributed by atoms with van der Waals surface area (Å²) < 4.78 is 0. The van der Waals surface area contributed by atoms with Gasteiger partial charge in [-0.2, -0.15) is 0 Å². The first-order valence-electron chi connectivity index (χ1n) is 14.8. The van der Waals surface area contributed by atoms with Gasteiger partial charge in [0.05, 0.1) is 0 Å². The van der Waals surface area contributed by atoms with Gasteiger partial charge in [-0.15, -0.1) is 0 Å². The van der Waals surface area contributed by atoms with Gasteiger partial charge in [0.1, 0.15) is 0 Å². The molecular weight excluding hydrogens is 648 g/mol. The van der Waals surface area contributed by atoms with Crippen LogP contribution in [0.1, 0.15) is 157 Å². The topological polar surface area (TPSA) is 241 Å². The van der Waals surface area contributed by atoms with Crippen LogP contribution in [0.2, 0.25) is 0 Å². The van der Waals surface area contributed by atoms with Gasteiger partial charge in [0.2, 0.25) is 0 Å². The van der Waals surface area contributed by atoms with Gasteiger partial charge >= 0.3 is 0 Å². The van der Waals surface area contributed by atoms with Gasteiger partial charge in [-0.3, -0.25) is 0 Å². The van der Waals surface area contributed by atoms with E-state index in [9.17, 15) is 59.4 Å². The number of hydrogen-bond acceptors (Lipinski definition) is 12. The zero-order chi connectivity index (χ0) is 34.2. The van der Waals surface area contributed by atoms with Crippen LogP contribution in [0.25, 0.3) is 0 Å². The molecule has 0 unspecified atom stereocenters. The van der Waals surface area contributed by atoms with Gasteiger partial charge in [-0.1, -0.05) is 80.1 Å². The smallest absolute Gasteiger partial charge is 0.0414 e. The van der Waals surface area contributed by atoms with Crippen molar-refractivity contribution in [3.8, 4) is 0 Å². The van der Waals surface area contributed by atoms with E-state index in [1.165, 1.54) is 0 Å². The maximum Gasteiger partial charge on any atom is 0.0414 e. The molecule has 0 aliphatic rings. The molecule has 258 valence electrons. The van der Waals surface area contributed by atoms with Gasteiger partial charge in [-0.25, -0.2) is 0 Å². The number of carboxylic acids is 6. The molecule has 0 saturated carbocycles. The molecule has 0 heterocycles. The van der Waals surface area contributed by atoms with Gasteiger partial charge in [-0.05, 0) is 77.0 Å². The average molecular weight is 703 g/mol. The number of carbonyl (C=O) groups excluding carboxylic acids is 6. The van der Waals surface area contributed by atoms with Crippen molar-refractivity contribution in [1.82, 2.24) is 0 Å². The summed E-state index contributed by atoms with van der Waals surface area (Å²) in [4.78, 5) is 57.9. The summed E-state index contributed by atoms with van der Waals surface area (Å²) in [7, 11) is 0. The molecule has 0 spiro atoms. The zero-order valence-electron chi connectivity index (χ0n) is 27.0. The van der Waals surface area contributed by atoms with Crippen molar-refractivity contribution in [2.24, 2.45) is 0 Å². The number of carboxylic acid groups (broad SMARTS) is 6. The summed E-state index contributed by atoms with van der Waals surface area (Å²) >= 11 is 0. The van der Waals surface area contributed by atoms with Crippen molar-refractivity contribution in [2.45, 2.75) is 157 Å². The fourth-order valence-corrected chi connectivity index (χ4v) is 1.93. The predicted molar refractivity (Wildman–Crippen MR) is 147 cm³/mol. The molecule has 0 fully saturated rings. The molecule has 13 heteroatoms. The molecule has 0 aliphatic heterocycles. The van der Waals surface area contributed by atoms with Crippen LogP contribution in [-0.4, -0.2) is 35.8 Å². The molecule has 12 nitrogen and oxygen atoms in total. The second kappa shape index (κ2) is 52.2. The van der Waals surface area contributed by atoms with E-state index in [0.29, 0.717) is 0 Å². The van der Waals surface area contributed by atoms with Gasteiger partial charge in [0.25, 0.3) is 0 Å². The molecular formula is C30H54MoO12-6. The molecule has 0 radical (unpaired) electrons. The fraction of sp³-hybridized carbons (Fsp3) is 0.800. The van der Waals surface area contributed by atoms with Crippen LogP contribution in [0.5, 0.6) is 0 Å². The van der Waals surface area contributed by atoms with Crippen LogP contribution in [0.4, 0.5) is 0 Å². The second-order valence-corrected chi connectivity index (χ2v) is 8.85. The maximum absolute atomic E-state index is 9.65. The molecule has 0 saturated heterocycles. The number of aliphatic carboxylic acids is 6. The number of unbranched alkanes of at least 4 members (excludes halogenated alkanes) is 6. The van der Waals surface area contributed by atoms with Crippen molar-refractivity contribution in [2.75, 3.05) is 0 Å². The first-order chi connectivity index (χ1) is 19.6. The third-order valence-electron chi connectivity index (χ3n) is 4.41. The summed E-state index contributed by atoms with van der Waals surface area (Å²) in [6.45, 7) is 11.7. The molecule has 0 atom stereocenters. The van der Waals surface area contributed by atoms with Crippen molar-refractivity contribution in [1.29, 1.82) is 0 Å². The molecule has 0 N–H and O–H groups in total. The van der Waals surface area contributed by atoms with Crippen LogP contribution in [0, 0.1) is 0 Å². The first kappa shape index (κ1) is 56.3. The Hall–Kier alpha value is -2.49. The van der Waals surface area contributed by atoms with Crippen LogP contribution < -0.4 is 30.6 Å². The molecule has 0 aromatic carbocycles. The molecule has 0 bridgehead atoms. The minimum atomic E-state index is -0.943. The van der Waals surface area contributed by atoms with E-state index in [1.54, 1.807) is 0 Å². The molecule has 43 heavy (non-hydrogen) atoms. The summed E-state index contributed by atoms with van der Waals surface area (Å²) in [5, 5.41) is 57.9. The third kappa shape index (κ3) is 120. The van der Waals surface area contributed by atoms with Gasteiger partial charge in [0, 0.05) is 56.9 Å². The van der Waals surface area contributed by atoms with E-state index in [2.05, 4.69) is 0 Å². The van der Waals surface area contributed by atoms with Crippen molar-refractivity contribution >= 4 is 35.8 Å². The number of rotatable bonds is 18. The maximum atomic E-state index is 9.65. The van der Waals surface area contributed by atoms with Crippen LogP contribution in [0.3, 0.4) is 0 Å². The predicted octanol–water partition coefficient (Wildman–Crippen LogP) is -0.443. The summed E-state index contributed by atoms with van der Waals surface area (Å²) in [5.74, 6) is -5.66. The van der Waals surface area contributed by atoms with E-state index in [1.807, 2.05) is 41.5 Å². The van der Waals surface area contributed by atoms with Crippen LogP contribution in [-0.2, 0) is 49.8 Å². The van der Waals surface area contributed by atoms with E-state index in [4.69, 9.17) is 0 Å². The quantitative estimate of drug-likeness (QED) is 0.165. The van der Waals surface area contributed by atoms with Gasteiger partial charge < -0.3 is 59.4 Å². The fourth-order valence-electron chi connectivity index (χ4n) is 1.93. The van der Waals surface area contributed by atoms with Gasteiger partial charge in [0.15, 0.2) is 0 Å².